The number of hydrogen-bond acceptors (Lipinski definition) is 2. The molecular formula is C18H20ClN3S. The smallest absolute Gasteiger partial charge is 0.171 e. The Morgan fingerprint density at radius 2 is 1.74 bits per heavy atom. The highest BCUT2D eigenvalue weighted by molar-refractivity contribution is 7.80. The van der Waals surface area contributed by atoms with Gasteiger partial charge in [-0.05, 0) is 54.9 Å². The van der Waals surface area contributed by atoms with Gasteiger partial charge in [-0.2, -0.15) is 0 Å². The van der Waals surface area contributed by atoms with E-state index in [1.807, 2.05) is 24.3 Å². The molecule has 0 atom stereocenters. The van der Waals surface area contributed by atoms with Crippen molar-refractivity contribution in [1.29, 1.82) is 0 Å². The van der Waals surface area contributed by atoms with Crippen LogP contribution in [0.1, 0.15) is 18.4 Å². The van der Waals surface area contributed by atoms with E-state index in [1.54, 1.807) is 0 Å². The molecule has 3 nitrogen and oxygen atoms in total. The Hall–Kier alpha value is -1.78. The van der Waals surface area contributed by atoms with Crippen LogP contribution >= 0.6 is 23.8 Å². The van der Waals surface area contributed by atoms with E-state index in [0.29, 0.717) is 16.7 Å². The molecule has 0 aromatic heterocycles. The zero-order valence-electron chi connectivity index (χ0n) is 12.9. The van der Waals surface area contributed by atoms with Crippen LogP contribution in [-0.2, 0) is 6.54 Å². The van der Waals surface area contributed by atoms with Gasteiger partial charge in [-0.25, -0.2) is 0 Å². The van der Waals surface area contributed by atoms with E-state index in [2.05, 4.69) is 39.8 Å². The highest BCUT2D eigenvalue weighted by Gasteiger charge is 2.11. The molecule has 0 saturated carbocycles. The number of para-hydroxylation sites is 1. The van der Waals surface area contributed by atoms with Crippen LogP contribution in [0.15, 0.2) is 48.5 Å². The number of thiocarbonyl (C=S) groups is 1. The lowest BCUT2D eigenvalue weighted by Crippen LogP contribution is -2.28. The first-order chi connectivity index (χ1) is 11.2. The molecule has 120 valence electrons. The van der Waals surface area contributed by atoms with E-state index >= 15 is 0 Å². The molecule has 1 aliphatic rings. The Balaban J connectivity index is 1.51. The van der Waals surface area contributed by atoms with Gasteiger partial charge in [-0.3, -0.25) is 0 Å². The fourth-order valence-corrected chi connectivity index (χ4v) is 3.08. The summed E-state index contributed by atoms with van der Waals surface area (Å²) in [5, 5.41) is 7.56. The van der Waals surface area contributed by atoms with Crippen molar-refractivity contribution < 1.29 is 0 Å². The average Bonchev–Trinajstić information content (AvgIpc) is 3.10. The Labute approximate surface area is 147 Å². The molecule has 0 aliphatic carbocycles. The van der Waals surface area contributed by atoms with Gasteiger partial charge in [0.2, 0.25) is 0 Å². The molecule has 2 N–H and O–H groups in total. The summed E-state index contributed by atoms with van der Waals surface area (Å²) in [7, 11) is 0. The minimum Gasteiger partial charge on any atom is -0.372 e. The Morgan fingerprint density at radius 1 is 1.04 bits per heavy atom. The summed E-state index contributed by atoms with van der Waals surface area (Å²) in [5.74, 6) is 0. The molecule has 5 heteroatoms. The summed E-state index contributed by atoms with van der Waals surface area (Å²) in [4.78, 5) is 2.43. The minimum absolute atomic E-state index is 0.571. The molecule has 0 radical (unpaired) electrons. The molecule has 1 fully saturated rings. The first-order valence-corrected chi connectivity index (χ1v) is 8.64. The third-order valence-electron chi connectivity index (χ3n) is 3.98. The largest absolute Gasteiger partial charge is 0.372 e. The molecule has 0 spiro atoms. The Bertz CT molecular complexity index is 666. The summed E-state index contributed by atoms with van der Waals surface area (Å²) in [6, 6.07) is 16.2. The van der Waals surface area contributed by atoms with Gasteiger partial charge in [-0.1, -0.05) is 35.9 Å². The molecular weight excluding hydrogens is 326 g/mol. The third-order valence-corrected chi connectivity index (χ3v) is 4.56. The summed E-state index contributed by atoms with van der Waals surface area (Å²) < 4.78 is 0. The van der Waals surface area contributed by atoms with E-state index in [-0.39, 0.29) is 0 Å². The van der Waals surface area contributed by atoms with Gasteiger partial charge in [0, 0.05) is 25.3 Å². The fraction of sp³-hybridized carbons (Fsp3) is 0.278. The SMILES string of the molecule is S=C(NCc1ccc(N2CCCC2)cc1)Nc1ccccc1Cl. The molecule has 3 rings (SSSR count). The Morgan fingerprint density at radius 3 is 2.43 bits per heavy atom. The van der Waals surface area contributed by atoms with Gasteiger partial charge in [0.05, 0.1) is 10.7 Å². The summed E-state index contributed by atoms with van der Waals surface area (Å²) in [6.45, 7) is 3.03. The van der Waals surface area contributed by atoms with Crippen LogP contribution < -0.4 is 15.5 Å². The standard InChI is InChI=1S/C18H20ClN3S/c19-16-5-1-2-6-17(16)21-18(23)20-13-14-7-9-15(10-8-14)22-11-3-4-12-22/h1-2,5-10H,3-4,11-13H2,(H2,20,21,23). The second kappa shape index (κ2) is 7.66. The highest BCUT2D eigenvalue weighted by atomic mass is 35.5. The van der Waals surface area contributed by atoms with Crippen LogP contribution in [0.25, 0.3) is 0 Å². The van der Waals surface area contributed by atoms with Crippen LogP contribution in [0, 0.1) is 0 Å². The maximum absolute atomic E-state index is 6.11. The van der Waals surface area contributed by atoms with Crippen molar-refractivity contribution in [2.24, 2.45) is 0 Å². The highest BCUT2D eigenvalue weighted by Crippen LogP contribution is 2.21. The van der Waals surface area contributed by atoms with Crippen LogP contribution in [0.5, 0.6) is 0 Å². The van der Waals surface area contributed by atoms with Gasteiger partial charge in [-0.15, -0.1) is 0 Å². The van der Waals surface area contributed by atoms with Gasteiger partial charge in [0.15, 0.2) is 5.11 Å². The van der Waals surface area contributed by atoms with Gasteiger partial charge in [0.25, 0.3) is 0 Å². The monoisotopic (exact) mass is 345 g/mol. The lowest BCUT2D eigenvalue weighted by Gasteiger charge is -2.18. The van der Waals surface area contributed by atoms with E-state index in [9.17, 15) is 0 Å². The van der Waals surface area contributed by atoms with E-state index in [4.69, 9.17) is 23.8 Å². The third kappa shape index (κ3) is 4.36. The number of anilines is 2. The second-order valence-corrected chi connectivity index (χ2v) is 6.46. The van der Waals surface area contributed by atoms with E-state index in [1.165, 1.54) is 37.2 Å². The van der Waals surface area contributed by atoms with Gasteiger partial charge in [0.1, 0.15) is 0 Å². The van der Waals surface area contributed by atoms with Crippen molar-refractivity contribution in [3.63, 3.8) is 0 Å². The quantitative estimate of drug-likeness (QED) is 0.802. The first-order valence-electron chi connectivity index (χ1n) is 7.85. The topological polar surface area (TPSA) is 27.3 Å². The number of hydrogen-bond donors (Lipinski definition) is 2. The van der Waals surface area contributed by atoms with Crippen LogP contribution in [-0.4, -0.2) is 18.2 Å². The molecule has 0 bridgehead atoms. The second-order valence-electron chi connectivity index (χ2n) is 5.65. The predicted molar refractivity (Wildman–Crippen MR) is 102 cm³/mol. The number of nitrogens with one attached hydrogen (secondary N) is 2. The average molecular weight is 346 g/mol. The van der Waals surface area contributed by atoms with Gasteiger partial charge >= 0.3 is 0 Å². The normalized spacial score (nSPS) is 13.9. The van der Waals surface area contributed by atoms with Crippen LogP contribution in [0.3, 0.4) is 0 Å². The van der Waals surface area contributed by atoms with Crippen molar-refractivity contribution in [2.45, 2.75) is 19.4 Å². The molecule has 23 heavy (non-hydrogen) atoms. The molecule has 1 saturated heterocycles. The molecule has 2 aromatic carbocycles. The summed E-state index contributed by atoms with van der Waals surface area (Å²) in [6.07, 6.45) is 2.59. The fourth-order valence-electron chi connectivity index (χ4n) is 2.71. The summed E-state index contributed by atoms with van der Waals surface area (Å²) in [5.41, 5.74) is 3.33. The molecule has 1 heterocycles. The number of benzene rings is 2. The Kier molecular flexibility index (Phi) is 5.36. The van der Waals surface area contributed by atoms with Crippen molar-refractivity contribution in [3.8, 4) is 0 Å². The van der Waals surface area contributed by atoms with Crippen molar-refractivity contribution in [1.82, 2.24) is 5.32 Å². The molecule has 0 amide bonds. The summed E-state index contributed by atoms with van der Waals surface area (Å²) >= 11 is 11.4. The lowest BCUT2D eigenvalue weighted by atomic mass is 10.2. The van der Waals surface area contributed by atoms with Crippen molar-refractivity contribution in [3.05, 3.63) is 59.1 Å². The van der Waals surface area contributed by atoms with Crippen molar-refractivity contribution >= 4 is 40.3 Å². The molecule has 0 unspecified atom stereocenters. The zero-order chi connectivity index (χ0) is 16.1. The maximum atomic E-state index is 6.11. The van der Waals surface area contributed by atoms with E-state index in [0.717, 1.165) is 5.69 Å². The van der Waals surface area contributed by atoms with Gasteiger partial charge < -0.3 is 15.5 Å². The zero-order valence-corrected chi connectivity index (χ0v) is 14.5. The number of halogens is 1. The number of nitrogens with zero attached hydrogens (tertiary/aromatic N) is 1. The lowest BCUT2D eigenvalue weighted by molar-refractivity contribution is 0.921. The predicted octanol–water partition coefficient (Wildman–Crippen LogP) is 4.43. The van der Waals surface area contributed by atoms with Crippen molar-refractivity contribution in [2.75, 3.05) is 23.3 Å². The molecule has 1 aliphatic heterocycles. The maximum Gasteiger partial charge on any atom is 0.171 e. The van der Waals surface area contributed by atoms with Crippen LogP contribution in [0.4, 0.5) is 11.4 Å². The number of rotatable bonds is 4. The molecule has 2 aromatic rings. The van der Waals surface area contributed by atoms with E-state index < -0.39 is 0 Å². The van der Waals surface area contributed by atoms with Crippen LogP contribution in [0.2, 0.25) is 5.02 Å². The minimum atomic E-state index is 0.571. The first kappa shape index (κ1) is 16.1.